The first kappa shape index (κ1) is 14.2. The Morgan fingerprint density at radius 2 is 2.00 bits per heavy atom. The van der Waals surface area contributed by atoms with Crippen molar-refractivity contribution in [1.82, 2.24) is 9.78 Å². The highest BCUT2D eigenvalue weighted by Gasteiger charge is 2.17. The van der Waals surface area contributed by atoms with Crippen molar-refractivity contribution < 1.29 is 18.3 Å². The minimum atomic E-state index is -0.953. The Morgan fingerprint density at radius 1 is 1.25 bits per heavy atom. The summed E-state index contributed by atoms with van der Waals surface area (Å²) in [7, 11) is 0. The summed E-state index contributed by atoms with van der Waals surface area (Å²) in [4.78, 5) is 11.8. The molecule has 106 valence electrons. The number of hydrogen-bond acceptors (Lipinski definition) is 3. The number of rotatable bonds is 4. The SMILES string of the molecule is CCOC(=O)c1cc(-c2ccc(F)c(F)c2)nn1CC. The summed E-state index contributed by atoms with van der Waals surface area (Å²) in [6.45, 7) is 4.26. The van der Waals surface area contributed by atoms with Gasteiger partial charge in [0.05, 0.1) is 12.3 Å². The van der Waals surface area contributed by atoms with Crippen LogP contribution >= 0.6 is 0 Å². The number of ether oxygens (including phenoxy) is 1. The van der Waals surface area contributed by atoms with Crippen LogP contribution in [-0.4, -0.2) is 22.4 Å². The number of benzene rings is 1. The number of halogens is 2. The third kappa shape index (κ3) is 2.68. The van der Waals surface area contributed by atoms with Gasteiger partial charge in [0.15, 0.2) is 11.6 Å². The molecule has 1 aromatic carbocycles. The second-order valence-electron chi connectivity index (χ2n) is 4.08. The fraction of sp³-hybridized carbons (Fsp3) is 0.286. The van der Waals surface area contributed by atoms with E-state index >= 15 is 0 Å². The maximum Gasteiger partial charge on any atom is 0.356 e. The Labute approximate surface area is 115 Å². The molecule has 0 atom stereocenters. The molecule has 0 radical (unpaired) electrons. The Hall–Kier alpha value is -2.24. The van der Waals surface area contributed by atoms with Crippen LogP contribution < -0.4 is 0 Å². The van der Waals surface area contributed by atoms with Crippen molar-refractivity contribution >= 4 is 5.97 Å². The van der Waals surface area contributed by atoms with Crippen LogP contribution in [0.15, 0.2) is 24.3 Å². The van der Waals surface area contributed by atoms with Gasteiger partial charge < -0.3 is 4.74 Å². The summed E-state index contributed by atoms with van der Waals surface area (Å²) in [6.07, 6.45) is 0. The van der Waals surface area contributed by atoms with Crippen molar-refractivity contribution in [1.29, 1.82) is 0 Å². The summed E-state index contributed by atoms with van der Waals surface area (Å²) >= 11 is 0. The van der Waals surface area contributed by atoms with Crippen molar-refractivity contribution in [3.63, 3.8) is 0 Å². The molecule has 6 heteroatoms. The molecule has 0 N–H and O–H groups in total. The van der Waals surface area contributed by atoms with E-state index in [2.05, 4.69) is 5.10 Å². The highest BCUT2D eigenvalue weighted by Crippen LogP contribution is 2.22. The first-order valence-electron chi connectivity index (χ1n) is 6.27. The Balaban J connectivity index is 2.42. The first-order chi connectivity index (χ1) is 9.56. The van der Waals surface area contributed by atoms with Gasteiger partial charge in [0, 0.05) is 12.1 Å². The van der Waals surface area contributed by atoms with Crippen molar-refractivity contribution in [2.45, 2.75) is 20.4 Å². The minimum absolute atomic E-state index is 0.258. The molecule has 0 aliphatic rings. The third-order valence-corrected chi connectivity index (χ3v) is 2.78. The van der Waals surface area contributed by atoms with Crippen LogP contribution in [0.1, 0.15) is 24.3 Å². The highest BCUT2D eigenvalue weighted by molar-refractivity contribution is 5.89. The largest absolute Gasteiger partial charge is 0.461 e. The van der Waals surface area contributed by atoms with Crippen molar-refractivity contribution in [3.8, 4) is 11.3 Å². The van der Waals surface area contributed by atoms with Crippen LogP contribution in [0.5, 0.6) is 0 Å². The molecule has 0 aliphatic carbocycles. The zero-order valence-corrected chi connectivity index (χ0v) is 11.2. The molecule has 1 aromatic heterocycles. The quantitative estimate of drug-likeness (QED) is 0.809. The molecule has 4 nitrogen and oxygen atoms in total. The summed E-state index contributed by atoms with van der Waals surface area (Å²) < 4.78 is 32.5. The molecule has 0 aliphatic heterocycles. The molecular formula is C14H14F2N2O2. The molecule has 0 amide bonds. The topological polar surface area (TPSA) is 44.1 Å². The number of carbonyl (C=O) groups excluding carboxylic acids is 1. The van der Waals surface area contributed by atoms with Crippen LogP contribution in [0, 0.1) is 11.6 Å². The van der Waals surface area contributed by atoms with Crippen molar-refractivity contribution in [3.05, 3.63) is 41.6 Å². The van der Waals surface area contributed by atoms with Crippen molar-refractivity contribution in [2.75, 3.05) is 6.61 Å². The lowest BCUT2D eigenvalue weighted by Crippen LogP contribution is -2.12. The lowest BCUT2D eigenvalue weighted by Gasteiger charge is -2.02. The van der Waals surface area contributed by atoms with Gasteiger partial charge in [-0.15, -0.1) is 0 Å². The molecule has 0 saturated carbocycles. The van der Waals surface area contributed by atoms with Crippen LogP contribution in [-0.2, 0) is 11.3 Å². The predicted octanol–water partition coefficient (Wildman–Crippen LogP) is 3.02. The maximum atomic E-state index is 13.2. The van der Waals surface area contributed by atoms with Gasteiger partial charge >= 0.3 is 5.97 Å². The average Bonchev–Trinajstić information content (AvgIpc) is 2.86. The average molecular weight is 280 g/mol. The van der Waals surface area contributed by atoms with Crippen LogP contribution in [0.25, 0.3) is 11.3 Å². The van der Waals surface area contributed by atoms with E-state index in [-0.39, 0.29) is 12.3 Å². The second-order valence-corrected chi connectivity index (χ2v) is 4.08. The van der Waals surface area contributed by atoms with E-state index in [0.717, 1.165) is 12.1 Å². The Morgan fingerprint density at radius 3 is 2.60 bits per heavy atom. The van der Waals surface area contributed by atoms with E-state index in [1.54, 1.807) is 6.92 Å². The number of aryl methyl sites for hydroxylation is 1. The van der Waals surface area contributed by atoms with Gasteiger partial charge in [-0.3, -0.25) is 4.68 Å². The molecule has 2 rings (SSSR count). The van der Waals surface area contributed by atoms with E-state index in [4.69, 9.17) is 4.74 Å². The summed E-state index contributed by atoms with van der Waals surface area (Å²) in [5.74, 6) is -2.36. The number of hydrogen-bond donors (Lipinski definition) is 0. The van der Waals surface area contributed by atoms with Crippen LogP contribution in [0.4, 0.5) is 8.78 Å². The Kier molecular flexibility index (Phi) is 4.12. The van der Waals surface area contributed by atoms with Crippen molar-refractivity contribution in [2.24, 2.45) is 0 Å². The standard InChI is InChI=1S/C14H14F2N2O2/c1-3-18-13(14(19)20-4-2)8-12(17-18)9-5-6-10(15)11(16)7-9/h5-8H,3-4H2,1-2H3. The van der Waals surface area contributed by atoms with E-state index in [1.807, 2.05) is 6.92 Å². The predicted molar refractivity (Wildman–Crippen MR) is 69.2 cm³/mol. The number of carbonyl (C=O) groups is 1. The lowest BCUT2D eigenvalue weighted by molar-refractivity contribution is 0.0512. The molecule has 1 heterocycles. The third-order valence-electron chi connectivity index (χ3n) is 2.78. The van der Waals surface area contributed by atoms with Crippen LogP contribution in [0.3, 0.4) is 0 Å². The van der Waals surface area contributed by atoms with E-state index in [1.165, 1.54) is 16.8 Å². The molecule has 0 unspecified atom stereocenters. The summed E-state index contributed by atoms with van der Waals surface area (Å²) in [5.41, 5.74) is 1.09. The Bertz CT molecular complexity index is 638. The van der Waals surface area contributed by atoms with Gasteiger partial charge in [-0.1, -0.05) is 0 Å². The zero-order chi connectivity index (χ0) is 14.7. The summed E-state index contributed by atoms with van der Waals surface area (Å²) in [6, 6.07) is 5.00. The maximum absolute atomic E-state index is 13.2. The van der Waals surface area contributed by atoms with Gasteiger partial charge in [0.2, 0.25) is 0 Å². The van der Waals surface area contributed by atoms with Gasteiger partial charge in [0.25, 0.3) is 0 Å². The molecule has 0 bridgehead atoms. The van der Waals surface area contributed by atoms with Gasteiger partial charge in [-0.05, 0) is 38.1 Å². The fourth-order valence-corrected chi connectivity index (χ4v) is 1.82. The minimum Gasteiger partial charge on any atom is -0.461 e. The summed E-state index contributed by atoms with van der Waals surface area (Å²) in [5, 5.41) is 4.20. The fourth-order valence-electron chi connectivity index (χ4n) is 1.82. The molecule has 20 heavy (non-hydrogen) atoms. The molecular weight excluding hydrogens is 266 g/mol. The molecule has 2 aromatic rings. The lowest BCUT2D eigenvalue weighted by atomic mass is 10.1. The number of esters is 1. The molecule has 0 saturated heterocycles. The van der Waals surface area contributed by atoms with Crippen LogP contribution in [0.2, 0.25) is 0 Å². The normalized spacial score (nSPS) is 10.6. The van der Waals surface area contributed by atoms with Gasteiger partial charge in [0.1, 0.15) is 5.69 Å². The number of nitrogens with zero attached hydrogens (tertiary/aromatic N) is 2. The van der Waals surface area contributed by atoms with E-state index in [9.17, 15) is 13.6 Å². The molecule has 0 fully saturated rings. The van der Waals surface area contributed by atoms with Gasteiger partial charge in [-0.2, -0.15) is 5.10 Å². The van der Waals surface area contributed by atoms with Gasteiger partial charge in [-0.25, -0.2) is 13.6 Å². The monoisotopic (exact) mass is 280 g/mol. The highest BCUT2D eigenvalue weighted by atomic mass is 19.2. The van der Waals surface area contributed by atoms with E-state index in [0.29, 0.717) is 17.8 Å². The molecule has 0 spiro atoms. The number of aromatic nitrogens is 2. The van der Waals surface area contributed by atoms with E-state index < -0.39 is 17.6 Å². The zero-order valence-electron chi connectivity index (χ0n) is 11.2. The second kappa shape index (κ2) is 5.81. The smallest absolute Gasteiger partial charge is 0.356 e. The first-order valence-corrected chi connectivity index (χ1v) is 6.27.